The van der Waals surface area contributed by atoms with Crippen LogP contribution < -0.4 is 22.1 Å². The van der Waals surface area contributed by atoms with E-state index in [1.54, 1.807) is 0 Å². The Morgan fingerprint density at radius 1 is 1.26 bits per heavy atom. The van der Waals surface area contributed by atoms with Crippen LogP contribution in [-0.4, -0.2) is 28.4 Å². The van der Waals surface area contributed by atoms with Gasteiger partial charge in [-0.2, -0.15) is 10.5 Å². The molecule has 0 amide bonds. The molecule has 3 heterocycles. The number of guanidine groups is 1. The van der Waals surface area contributed by atoms with Gasteiger partial charge in [0.05, 0.1) is 5.69 Å². The van der Waals surface area contributed by atoms with Crippen molar-refractivity contribution in [1.29, 1.82) is 10.5 Å². The van der Waals surface area contributed by atoms with Gasteiger partial charge in [-0.05, 0) is 37.4 Å². The summed E-state index contributed by atoms with van der Waals surface area (Å²) < 4.78 is 0. The van der Waals surface area contributed by atoms with Crippen LogP contribution in [0.25, 0.3) is 0 Å². The maximum atomic E-state index is 9.53. The van der Waals surface area contributed by atoms with Gasteiger partial charge in [0.2, 0.25) is 5.96 Å². The zero-order valence-electron chi connectivity index (χ0n) is 17.4. The quantitative estimate of drug-likeness (QED) is 0.440. The van der Waals surface area contributed by atoms with Gasteiger partial charge < -0.3 is 16.8 Å². The van der Waals surface area contributed by atoms with Gasteiger partial charge in [-0.1, -0.05) is 30.7 Å². The molecule has 0 aliphatic carbocycles. The maximum Gasteiger partial charge on any atom is 0.211 e. The van der Waals surface area contributed by atoms with E-state index in [0.717, 1.165) is 24.2 Å². The minimum atomic E-state index is -0.524. The lowest BCUT2D eigenvalue weighted by Crippen LogP contribution is -2.37. The number of benzene rings is 1. The monoisotopic (exact) mass is 415 g/mol. The molecule has 1 aromatic carbocycles. The predicted octanol–water partition coefficient (Wildman–Crippen LogP) is 2.43. The highest BCUT2D eigenvalue weighted by molar-refractivity contribution is 5.98. The first kappa shape index (κ1) is 20.5. The third-order valence-corrected chi connectivity index (χ3v) is 6.02. The van der Waals surface area contributed by atoms with Crippen LogP contribution in [-0.2, 0) is 6.54 Å². The number of aromatic nitrogens is 1. The third-order valence-electron chi connectivity index (χ3n) is 6.02. The molecule has 9 heteroatoms. The second-order valence-corrected chi connectivity index (χ2v) is 7.92. The van der Waals surface area contributed by atoms with Crippen LogP contribution in [0.15, 0.2) is 29.3 Å². The second-order valence-electron chi connectivity index (χ2n) is 7.92. The number of rotatable bonds is 3. The van der Waals surface area contributed by atoms with E-state index >= 15 is 0 Å². The number of fused-ring (bicyclic) bond motifs is 1. The fourth-order valence-electron chi connectivity index (χ4n) is 4.36. The van der Waals surface area contributed by atoms with Crippen molar-refractivity contribution in [2.24, 2.45) is 4.99 Å². The number of nitriles is 2. The van der Waals surface area contributed by atoms with Crippen LogP contribution in [0.4, 0.5) is 17.3 Å². The molecule has 1 saturated heterocycles. The largest absolute Gasteiger partial charge is 0.397 e. The van der Waals surface area contributed by atoms with Gasteiger partial charge in [0.15, 0.2) is 6.19 Å². The molecule has 1 fully saturated rings. The van der Waals surface area contributed by atoms with Crippen LogP contribution >= 0.6 is 0 Å². The Hall–Kier alpha value is -3.82. The molecule has 6 N–H and O–H groups in total. The van der Waals surface area contributed by atoms with Gasteiger partial charge in [0.25, 0.3) is 0 Å². The van der Waals surface area contributed by atoms with E-state index in [1.807, 2.05) is 30.5 Å². The topological polar surface area (TPSA) is 152 Å². The van der Waals surface area contributed by atoms with E-state index in [9.17, 15) is 5.26 Å². The third kappa shape index (κ3) is 3.83. The molecule has 2 aromatic rings. The Balaban J connectivity index is 1.83. The molecule has 4 rings (SSSR count). The molecule has 2 aliphatic rings. The number of nitrogens with two attached hydrogens (primary N) is 2. The second kappa shape index (κ2) is 8.50. The van der Waals surface area contributed by atoms with E-state index in [1.165, 1.54) is 19.3 Å². The van der Waals surface area contributed by atoms with Crippen molar-refractivity contribution in [2.75, 3.05) is 23.3 Å². The highest BCUT2D eigenvalue weighted by atomic mass is 15.2. The Morgan fingerprint density at radius 3 is 2.81 bits per heavy atom. The fourth-order valence-corrected chi connectivity index (χ4v) is 4.36. The van der Waals surface area contributed by atoms with Gasteiger partial charge in [0.1, 0.15) is 29.3 Å². The fraction of sp³-hybridized carbons (Fsp3) is 0.364. The van der Waals surface area contributed by atoms with Crippen LogP contribution in [0, 0.1) is 22.8 Å². The average Bonchev–Trinajstić information content (AvgIpc) is 2.75. The van der Waals surface area contributed by atoms with Crippen molar-refractivity contribution in [3.05, 3.63) is 46.5 Å². The molecule has 9 nitrogen and oxygen atoms in total. The predicted molar refractivity (Wildman–Crippen MR) is 120 cm³/mol. The Kier molecular flexibility index (Phi) is 5.61. The van der Waals surface area contributed by atoms with Crippen molar-refractivity contribution >= 4 is 23.3 Å². The van der Waals surface area contributed by atoms with E-state index in [0.29, 0.717) is 17.4 Å². The lowest BCUT2D eigenvalue weighted by atomic mass is 9.91. The SMILES string of the molecule is CC1CCCCN1Cc1ccccc1C1N=C(NC#N)Nc2nc(N)c(C#N)c(N)c21. The van der Waals surface area contributed by atoms with Gasteiger partial charge in [-0.3, -0.25) is 10.2 Å². The van der Waals surface area contributed by atoms with Gasteiger partial charge in [-0.25, -0.2) is 9.98 Å². The lowest BCUT2D eigenvalue weighted by Gasteiger charge is -2.34. The first-order valence-electron chi connectivity index (χ1n) is 10.3. The number of piperidine rings is 1. The van der Waals surface area contributed by atoms with Gasteiger partial charge in [-0.15, -0.1) is 0 Å². The molecule has 2 aliphatic heterocycles. The highest BCUT2D eigenvalue weighted by Crippen LogP contribution is 2.41. The van der Waals surface area contributed by atoms with Crippen molar-refractivity contribution in [3.63, 3.8) is 0 Å². The summed E-state index contributed by atoms with van der Waals surface area (Å²) in [5.74, 6) is 0.698. The van der Waals surface area contributed by atoms with E-state index in [4.69, 9.17) is 21.7 Å². The number of hydrogen-bond acceptors (Lipinski definition) is 9. The normalized spacial score (nSPS) is 20.5. The number of aliphatic imine (C=N–C) groups is 1. The van der Waals surface area contributed by atoms with Crippen LogP contribution in [0.3, 0.4) is 0 Å². The molecule has 0 bridgehead atoms. The van der Waals surface area contributed by atoms with Gasteiger partial charge in [0, 0.05) is 18.2 Å². The molecular weight excluding hydrogens is 390 g/mol. The first-order chi connectivity index (χ1) is 15.0. The summed E-state index contributed by atoms with van der Waals surface area (Å²) >= 11 is 0. The zero-order chi connectivity index (χ0) is 22.0. The van der Waals surface area contributed by atoms with Crippen molar-refractivity contribution in [2.45, 2.75) is 44.8 Å². The number of pyridine rings is 1. The summed E-state index contributed by atoms with van der Waals surface area (Å²) in [5.41, 5.74) is 15.4. The number of nitrogens with one attached hydrogen (secondary N) is 2. The van der Waals surface area contributed by atoms with Crippen LogP contribution in [0.5, 0.6) is 0 Å². The zero-order valence-corrected chi connectivity index (χ0v) is 17.4. The summed E-state index contributed by atoms with van der Waals surface area (Å²) in [7, 11) is 0. The number of likely N-dealkylation sites (tertiary alicyclic amines) is 1. The van der Waals surface area contributed by atoms with Crippen LogP contribution in [0.1, 0.15) is 54.5 Å². The molecule has 158 valence electrons. The average molecular weight is 416 g/mol. The Morgan fingerprint density at radius 2 is 2.06 bits per heavy atom. The Labute approximate surface area is 181 Å². The molecular formula is C22H25N9. The molecule has 0 radical (unpaired) electrons. The lowest BCUT2D eigenvalue weighted by molar-refractivity contribution is 0.152. The van der Waals surface area contributed by atoms with E-state index < -0.39 is 6.04 Å². The molecule has 31 heavy (non-hydrogen) atoms. The molecule has 0 spiro atoms. The summed E-state index contributed by atoms with van der Waals surface area (Å²) in [4.78, 5) is 11.5. The minimum Gasteiger partial charge on any atom is -0.397 e. The van der Waals surface area contributed by atoms with E-state index in [-0.39, 0.29) is 23.0 Å². The summed E-state index contributed by atoms with van der Waals surface area (Å²) in [5, 5.41) is 24.2. The van der Waals surface area contributed by atoms with Crippen molar-refractivity contribution in [1.82, 2.24) is 15.2 Å². The summed E-state index contributed by atoms with van der Waals surface area (Å²) in [6, 6.07) is 10.1. The number of anilines is 3. The smallest absolute Gasteiger partial charge is 0.211 e. The maximum absolute atomic E-state index is 9.53. The van der Waals surface area contributed by atoms with E-state index in [2.05, 4.69) is 33.5 Å². The highest BCUT2D eigenvalue weighted by Gasteiger charge is 2.31. The van der Waals surface area contributed by atoms with Crippen molar-refractivity contribution < 1.29 is 0 Å². The van der Waals surface area contributed by atoms with Crippen molar-refractivity contribution in [3.8, 4) is 12.3 Å². The van der Waals surface area contributed by atoms with Gasteiger partial charge >= 0.3 is 0 Å². The number of nitrogen functional groups attached to an aromatic ring is 2. The minimum absolute atomic E-state index is 0.0404. The standard InChI is InChI=1S/C22H25N9/c1-13-6-4-5-9-31(13)11-14-7-2-3-8-15(14)19-17-18(25)16(10-23)20(26)29-21(17)30-22(28-19)27-12-24/h2-3,7-8,13,19H,4-6,9,11H2,1H3,(H6,25,26,27,28,29,30). The molecule has 1 aromatic heterocycles. The molecule has 2 unspecified atom stereocenters. The number of hydrogen-bond donors (Lipinski definition) is 4. The molecule has 0 saturated carbocycles. The summed E-state index contributed by atoms with van der Waals surface area (Å²) in [6.07, 6.45) is 5.53. The number of nitrogens with zero attached hydrogens (tertiary/aromatic N) is 5. The summed E-state index contributed by atoms with van der Waals surface area (Å²) in [6.45, 7) is 4.11. The first-order valence-corrected chi connectivity index (χ1v) is 10.3. The van der Waals surface area contributed by atoms with Crippen LogP contribution in [0.2, 0.25) is 0 Å². The Bertz CT molecular complexity index is 1110. The molecule has 2 atom stereocenters.